The van der Waals surface area contributed by atoms with Gasteiger partial charge in [0, 0.05) is 4.88 Å². The Morgan fingerprint density at radius 2 is 2.17 bits per heavy atom. The Balaban J connectivity index is 2.41. The van der Waals surface area contributed by atoms with Crippen LogP contribution in [0.3, 0.4) is 0 Å². The average Bonchev–Trinajstić information content (AvgIpc) is 2.55. The second kappa shape index (κ2) is 4.63. The van der Waals surface area contributed by atoms with Gasteiger partial charge in [-0.05, 0) is 36.2 Å². The molecule has 2 atom stereocenters. The summed E-state index contributed by atoms with van der Waals surface area (Å²) in [4.78, 5) is 1.47. The molecule has 12 heavy (non-hydrogen) atoms. The molecule has 1 nitrogen and oxygen atoms in total. The molecule has 1 rings (SSSR count). The van der Waals surface area contributed by atoms with Gasteiger partial charge >= 0.3 is 0 Å². The number of rotatable bonds is 4. The van der Waals surface area contributed by atoms with E-state index < -0.39 is 0 Å². The molecular formula is C10H17NS. The largest absolute Gasteiger partial charge is 0.330 e. The van der Waals surface area contributed by atoms with Crippen LogP contribution in [0.4, 0.5) is 0 Å². The van der Waals surface area contributed by atoms with Crippen LogP contribution in [-0.2, 0) is 6.42 Å². The van der Waals surface area contributed by atoms with Crippen LogP contribution < -0.4 is 5.73 Å². The Morgan fingerprint density at radius 1 is 1.42 bits per heavy atom. The van der Waals surface area contributed by atoms with Gasteiger partial charge in [0.25, 0.3) is 0 Å². The first kappa shape index (κ1) is 9.75. The summed E-state index contributed by atoms with van der Waals surface area (Å²) in [5.41, 5.74) is 5.61. The van der Waals surface area contributed by atoms with E-state index in [9.17, 15) is 0 Å². The minimum absolute atomic E-state index is 0.632. The third-order valence-corrected chi connectivity index (χ3v) is 3.35. The monoisotopic (exact) mass is 183 g/mol. The molecule has 0 radical (unpaired) electrons. The molecule has 2 N–H and O–H groups in total. The van der Waals surface area contributed by atoms with E-state index in [1.165, 1.54) is 11.3 Å². The van der Waals surface area contributed by atoms with Crippen LogP contribution in [0.15, 0.2) is 17.5 Å². The SMILES string of the molecule is CC(CN)C(C)Cc1cccs1. The van der Waals surface area contributed by atoms with E-state index in [0.717, 1.165) is 6.54 Å². The lowest BCUT2D eigenvalue weighted by Crippen LogP contribution is -2.19. The molecule has 1 aromatic rings. The zero-order valence-corrected chi connectivity index (χ0v) is 8.60. The Labute approximate surface area is 78.6 Å². The third kappa shape index (κ3) is 2.61. The van der Waals surface area contributed by atoms with Crippen LogP contribution in [0.25, 0.3) is 0 Å². The van der Waals surface area contributed by atoms with Crippen LogP contribution in [0, 0.1) is 11.8 Å². The molecule has 0 saturated heterocycles. The van der Waals surface area contributed by atoms with E-state index in [1.54, 1.807) is 0 Å². The fourth-order valence-electron chi connectivity index (χ4n) is 1.18. The summed E-state index contributed by atoms with van der Waals surface area (Å²) in [6, 6.07) is 4.31. The van der Waals surface area contributed by atoms with Gasteiger partial charge in [-0.3, -0.25) is 0 Å². The molecule has 0 aliphatic heterocycles. The molecule has 2 heteroatoms. The topological polar surface area (TPSA) is 26.0 Å². The molecule has 0 amide bonds. The molecule has 0 aliphatic carbocycles. The Kier molecular flexibility index (Phi) is 3.76. The van der Waals surface area contributed by atoms with Crippen molar-refractivity contribution in [1.82, 2.24) is 0 Å². The molecule has 0 saturated carbocycles. The lowest BCUT2D eigenvalue weighted by Gasteiger charge is -2.16. The van der Waals surface area contributed by atoms with E-state index in [2.05, 4.69) is 31.4 Å². The van der Waals surface area contributed by atoms with Gasteiger partial charge < -0.3 is 5.73 Å². The van der Waals surface area contributed by atoms with Crippen molar-refractivity contribution < 1.29 is 0 Å². The molecular weight excluding hydrogens is 166 g/mol. The number of hydrogen-bond acceptors (Lipinski definition) is 2. The maximum Gasteiger partial charge on any atom is 0.00479 e. The summed E-state index contributed by atoms with van der Waals surface area (Å²) in [5, 5.41) is 2.13. The van der Waals surface area contributed by atoms with Gasteiger partial charge in [-0.25, -0.2) is 0 Å². The first-order valence-electron chi connectivity index (χ1n) is 4.46. The molecule has 0 bridgehead atoms. The molecule has 0 fully saturated rings. The van der Waals surface area contributed by atoms with Crippen molar-refractivity contribution in [2.75, 3.05) is 6.54 Å². The standard InChI is InChI=1S/C10H17NS/c1-8(9(2)7-11)6-10-4-3-5-12-10/h3-5,8-9H,6-7,11H2,1-2H3. The van der Waals surface area contributed by atoms with Crippen LogP contribution >= 0.6 is 11.3 Å². The van der Waals surface area contributed by atoms with Crippen molar-refractivity contribution in [3.05, 3.63) is 22.4 Å². The summed E-state index contributed by atoms with van der Waals surface area (Å²) in [6.07, 6.45) is 1.18. The fourth-order valence-corrected chi connectivity index (χ4v) is 2.03. The highest BCUT2D eigenvalue weighted by atomic mass is 32.1. The highest BCUT2D eigenvalue weighted by Gasteiger charge is 2.11. The van der Waals surface area contributed by atoms with Gasteiger partial charge in [0.05, 0.1) is 0 Å². The fraction of sp³-hybridized carbons (Fsp3) is 0.600. The lowest BCUT2D eigenvalue weighted by molar-refractivity contribution is 0.396. The van der Waals surface area contributed by atoms with E-state index in [0.29, 0.717) is 11.8 Å². The molecule has 68 valence electrons. The van der Waals surface area contributed by atoms with Crippen molar-refractivity contribution in [1.29, 1.82) is 0 Å². The molecule has 2 unspecified atom stereocenters. The second-order valence-electron chi connectivity index (χ2n) is 3.47. The predicted molar refractivity (Wildman–Crippen MR) is 55.4 cm³/mol. The van der Waals surface area contributed by atoms with Gasteiger partial charge in [0.1, 0.15) is 0 Å². The van der Waals surface area contributed by atoms with Crippen molar-refractivity contribution >= 4 is 11.3 Å². The zero-order valence-electron chi connectivity index (χ0n) is 7.79. The maximum atomic E-state index is 5.61. The third-order valence-electron chi connectivity index (χ3n) is 2.45. The average molecular weight is 183 g/mol. The Hall–Kier alpha value is -0.340. The molecule has 0 spiro atoms. The van der Waals surface area contributed by atoms with E-state index in [4.69, 9.17) is 5.73 Å². The minimum Gasteiger partial charge on any atom is -0.330 e. The van der Waals surface area contributed by atoms with Crippen molar-refractivity contribution in [2.45, 2.75) is 20.3 Å². The van der Waals surface area contributed by atoms with Crippen molar-refractivity contribution in [3.8, 4) is 0 Å². The molecule has 0 aromatic carbocycles. The smallest absolute Gasteiger partial charge is 0.00479 e. The number of nitrogens with two attached hydrogens (primary N) is 1. The van der Waals surface area contributed by atoms with E-state index >= 15 is 0 Å². The summed E-state index contributed by atoms with van der Waals surface area (Å²) in [7, 11) is 0. The van der Waals surface area contributed by atoms with E-state index in [1.807, 2.05) is 11.3 Å². The van der Waals surface area contributed by atoms with Gasteiger partial charge in [-0.15, -0.1) is 11.3 Å². The van der Waals surface area contributed by atoms with Crippen LogP contribution in [-0.4, -0.2) is 6.54 Å². The van der Waals surface area contributed by atoms with Gasteiger partial charge in [-0.2, -0.15) is 0 Å². The molecule has 0 aliphatic rings. The van der Waals surface area contributed by atoms with Crippen LogP contribution in [0.5, 0.6) is 0 Å². The zero-order chi connectivity index (χ0) is 8.97. The second-order valence-corrected chi connectivity index (χ2v) is 4.51. The van der Waals surface area contributed by atoms with Crippen molar-refractivity contribution in [3.63, 3.8) is 0 Å². The first-order valence-corrected chi connectivity index (χ1v) is 5.34. The molecule has 1 aromatic heterocycles. The van der Waals surface area contributed by atoms with Gasteiger partial charge in [-0.1, -0.05) is 19.9 Å². The maximum absolute atomic E-state index is 5.61. The minimum atomic E-state index is 0.632. The van der Waals surface area contributed by atoms with Crippen LogP contribution in [0.2, 0.25) is 0 Å². The number of thiophene rings is 1. The summed E-state index contributed by atoms with van der Waals surface area (Å²) >= 11 is 1.84. The quantitative estimate of drug-likeness (QED) is 0.762. The summed E-state index contributed by atoms with van der Waals surface area (Å²) < 4.78 is 0. The molecule has 1 heterocycles. The van der Waals surface area contributed by atoms with Crippen LogP contribution in [0.1, 0.15) is 18.7 Å². The van der Waals surface area contributed by atoms with E-state index in [-0.39, 0.29) is 0 Å². The highest BCUT2D eigenvalue weighted by Crippen LogP contribution is 2.19. The lowest BCUT2D eigenvalue weighted by atomic mass is 9.92. The Bertz CT molecular complexity index is 206. The Morgan fingerprint density at radius 3 is 2.67 bits per heavy atom. The van der Waals surface area contributed by atoms with Crippen molar-refractivity contribution in [2.24, 2.45) is 17.6 Å². The highest BCUT2D eigenvalue weighted by molar-refractivity contribution is 7.09. The summed E-state index contributed by atoms with van der Waals surface area (Å²) in [6.45, 7) is 5.29. The van der Waals surface area contributed by atoms with Gasteiger partial charge in [0.15, 0.2) is 0 Å². The van der Waals surface area contributed by atoms with Gasteiger partial charge in [0.2, 0.25) is 0 Å². The predicted octanol–water partition coefficient (Wildman–Crippen LogP) is 2.52. The normalized spacial score (nSPS) is 15.9. The first-order chi connectivity index (χ1) is 5.74. The number of hydrogen-bond donors (Lipinski definition) is 1. The summed E-state index contributed by atoms with van der Waals surface area (Å²) in [5.74, 6) is 1.33.